The Morgan fingerprint density at radius 3 is 2.88 bits per heavy atom. The lowest BCUT2D eigenvalue weighted by Gasteiger charge is -2.13. The number of carbonyl (C=O) groups excluding carboxylic acids is 1. The number of anilines is 1. The Labute approximate surface area is 151 Å². The molecule has 1 amide bonds. The molecule has 1 aliphatic heterocycles. The highest BCUT2D eigenvalue weighted by Gasteiger charge is 2.22. The quantitative estimate of drug-likeness (QED) is 0.629. The zero-order valence-electron chi connectivity index (χ0n) is 14.4. The van der Waals surface area contributed by atoms with Crippen LogP contribution in [-0.2, 0) is 4.74 Å². The molecule has 0 saturated carbocycles. The molecule has 26 heavy (non-hydrogen) atoms. The second kappa shape index (κ2) is 7.97. The Balaban J connectivity index is 1.71. The van der Waals surface area contributed by atoms with Crippen molar-refractivity contribution in [3.05, 3.63) is 63.7 Å². The highest BCUT2D eigenvalue weighted by atomic mass is 16.6. The summed E-state index contributed by atoms with van der Waals surface area (Å²) in [5.74, 6) is 0.0775. The number of nitrogens with one attached hydrogen (secondary N) is 1. The number of rotatable bonds is 6. The van der Waals surface area contributed by atoms with Crippen molar-refractivity contribution < 1.29 is 19.2 Å². The lowest BCUT2D eigenvalue weighted by atomic mass is 10.1. The minimum Gasteiger partial charge on any atom is -0.491 e. The normalized spacial score (nSPS) is 16.3. The second-order valence-electron chi connectivity index (χ2n) is 6.16. The topological polar surface area (TPSA) is 90.7 Å². The Kier molecular flexibility index (Phi) is 5.48. The number of benzene rings is 2. The highest BCUT2D eigenvalue weighted by molar-refractivity contribution is 6.07. The second-order valence-corrected chi connectivity index (χ2v) is 6.16. The average Bonchev–Trinajstić information content (AvgIpc) is 3.13. The minimum absolute atomic E-state index is 0.0284. The summed E-state index contributed by atoms with van der Waals surface area (Å²) in [7, 11) is 0. The third-order valence-corrected chi connectivity index (χ3v) is 4.22. The summed E-state index contributed by atoms with van der Waals surface area (Å²) in [6.07, 6.45) is 2.12. The van der Waals surface area contributed by atoms with Gasteiger partial charge in [-0.15, -0.1) is 0 Å². The van der Waals surface area contributed by atoms with Gasteiger partial charge in [0.1, 0.15) is 17.9 Å². The van der Waals surface area contributed by atoms with Gasteiger partial charge in [0.2, 0.25) is 0 Å². The van der Waals surface area contributed by atoms with Gasteiger partial charge in [0.05, 0.1) is 11.0 Å². The summed E-state index contributed by atoms with van der Waals surface area (Å²) >= 11 is 0. The molecular weight excluding hydrogens is 336 g/mol. The Hall–Kier alpha value is -2.93. The molecule has 3 rings (SSSR count). The summed E-state index contributed by atoms with van der Waals surface area (Å²) in [5, 5.41) is 14.0. The molecular formula is C19H20N2O5. The van der Waals surface area contributed by atoms with E-state index < -0.39 is 10.8 Å². The number of aryl methyl sites for hydroxylation is 1. The van der Waals surface area contributed by atoms with Crippen molar-refractivity contribution in [3.63, 3.8) is 0 Å². The molecule has 0 aromatic heterocycles. The zero-order valence-corrected chi connectivity index (χ0v) is 14.4. The van der Waals surface area contributed by atoms with E-state index in [9.17, 15) is 14.9 Å². The number of carbonyl (C=O) groups is 1. The van der Waals surface area contributed by atoms with Gasteiger partial charge in [0, 0.05) is 23.9 Å². The van der Waals surface area contributed by atoms with Crippen LogP contribution in [0.4, 0.5) is 11.4 Å². The molecule has 1 unspecified atom stereocenters. The van der Waals surface area contributed by atoms with Crippen molar-refractivity contribution in [2.75, 3.05) is 18.5 Å². The molecule has 1 fully saturated rings. The number of nitro groups is 1. The predicted molar refractivity (Wildman–Crippen MR) is 96.7 cm³/mol. The smallest absolute Gasteiger partial charge is 0.285 e. The molecule has 136 valence electrons. The molecule has 0 bridgehead atoms. The lowest BCUT2D eigenvalue weighted by molar-refractivity contribution is -0.385. The number of nitro benzene ring substituents is 1. The van der Waals surface area contributed by atoms with Gasteiger partial charge < -0.3 is 14.8 Å². The van der Waals surface area contributed by atoms with E-state index in [1.165, 1.54) is 6.07 Å². The van der Waals surface area contributed by atoms with Gasteiger partial charge in [0.25, 0.3) is 11.6 Å². The first-order chi connectivity index (χ1) is 12.5. The summed E-state index contributed by atoms with van der Waals surface area (Å²) in [4.78, 5) is 23.2. The van der Waals surface area contributed by atoms with Gasteiger partial charge in [0.15, 0.2) is 0 Å². The number of para-hydroxylation sites is 1. The van der Waals surface area contributed by atoms with Crippen LogP contribution in [0, 0.1) is 17.0 Å². The third-order valence-electron chi connectivity index (χ3n) is 4.22. The number of hydrogen-bond acceptors (Lipinski definition) is 5. The summed E-state index contributed by atoms with van der Waals surface area (Å²) in [5.41, 5.74) is 0.795. The number of ether oxygens (including phenoxy) is 2. The molecule has 0 aliphatic carbocycles. The first-order valence-corrected chi connectivity index (χ1v) is 8.44. The van der Waals surface area contributed by atoms with E-state index in [0.717, 1.165) is 19.4 Å². The Bertz CT molecular complexity index is 815. The van der Waals surface area contributed by atoms with Crippen LogP contribution in [0.3, 0.4) is 0 Å². The maximum Gasteiger partial charge on any atom is 0.285 e. The molecule has 7 nitrogen and oxygen atoms in total. The Morgan fingerprint density at radius 2 is 2.15 bits per heavy atom. The fourth-order valence-corrected chi connectivity index (χ4v) is 2.91. The summed E-state index contributed by atoms with van der Waals surface area (Å²) < 4.78 is 11.2. The van der Waals surface area contributed by atoms with E-state index in [0.29, 0.717) is 23.6 Å². The molecule has 7 heteroatoms. The third kappa shape index (κ3) is 4.18. The van der Waals surface area contributed by atoms with Crippen LogP contribution in [0.15, 0.2) is 42.5 Å². The van der Waals surface area contributed by atoms with Crippen molar-refractivity contribution in [1.82, 2.24) is 0 Å². The van der Waals surface area contributed by atoms with Gasteiger partial charge in [-0.1, -0.05) is 18.2 Å². The fourth-order valence-electron chi connectivity index (χ4n) is 2.91. The molecule has 0 radical (unpaired) electrons. The first kappa shape index (κ1) is 17.9. The van der Waals surface area contributed by atoms with E-state index in [2.05, 4.69) is 5.32 Å². The van der Waals surface area contributed by atoms with Crippen molar-refractivity contribution in [3.8, 4) is 5.75 Å². The van der Waals surface area contributed by atoms with Crippen LogP contribution >= 0.6 is 0 Å². The SMILES string of the molecule is Cc1cccc(C(=O)Nc2cccc(OCC3CCCO3)c2)c1[N+](=O)[O-]. The molecule has 2 aromatic rings. The largest absolute Gasteiger partial charge is 0.491 e. The monoisotopic (exact) mass is 356 g/mol. The predicted octanol–water partition coefficient (Wildman–Crippen LogP) is 3.71. The van der Waals surface area contributed by atoms with E-state index in [1.807, 2.05) is 0 Å². The Morgan fingerprint density at radius 1 is 1.35 bits per heavy atom. The van der Waals surface area contributed by atoms with Crippen LogP contribution in [0.5, 0.6) is 5.75 Å². The minimum atomic E-state index is -0.536. The van der Waals surface area contributed by atoms with Crippen LogP contribution in [0.2, 0.25) is 0 Å². The van der Waals surface area contributed by atoms with Gasteiger partial charge in [-0.05, 0) is 38.0 Å². The molecule has 2 aromatic carbocycles. The molecule has 1 atom stereocenters. The van der Waals surface area contributed by atoms with Crippen LogP contribution in [0.1, 0.15) is 28.8 Å². The standard InChI is InChI=1S/C19H20N2O5/c1-13-5-2-9-17(18(13)21(23)24)19(22)20-14-6-3-7-15(11-14)26-12-16-8-4-10-25-16/h2-3,5-7,9,11,16H,4,8,10,12H2,1H3,(H,20,22). The zero-order chi connectivity index (χ0) is 18.5. The molecule has 1 aliphatic rings. The average molecular weight is 356 g/mol. The number of amides is 1. The van der Waals surface area contributed by atoms with Crippen LogP contribution in [0.25, 0.3) is 0 Å². The van der Waals surface area contributed by atoms with Gasteiger partial charge in [-0.3, -0.25) is 14.9 Å². The maximum absolute atomic E-state index is 12.5. The first-order valence-electron chi connectivity index (χ1n) is 8.44. The van der Waals surface area contributed by atoms with Crippen molar-refractivity contribution in [1.29, 1.82) is 0 Å². The van der Waals surface area contributed by atoms with Crippen LogP contribution < -0.4 is 10.1 Å². The van der Waals surface area contributed by atoms with Gasteiger partial charge in [-0.25, -0.2) is 0 Å². The summed E-state index contributed by atoms with van der Waals surface area (Å²) in [6, 6.07) is 11.6. The van der Waals surface area contributed by atoms with E-state index in [1.54, 1.807) is 43.3 Å². The van der Waals surface area contributed by atoms with Crippen molar-refractivity contribution in [2.45, 2.75) is 25.9 Å². The van der Waals surface area contributed by atoms with Crippen molar-refractivity contribution >= 4 is 17.3 Å². The lowest BCUT2D eigenvalue weighted by Crippen LogP contribution is -2.17. The molecule has 1 saturated heterocycles. The molecule has 1 heterocycles. The number of nitrogens with zero attached hydrogens (tertiary/aromatic N) is 1. The van der Waals surface area contributed by atoms with Crippen LogP contribution in [-0.4, -0.2) is 30.1 Å². The molecule has 0 spiro atoms. The number of hydrogen-bond donors (Lipinski definition) is 1. The van der Waals surface area contributed by atoms with E-state index >= 15 is 0 Å². The molecule has 1 N–H and O–H groups in total. The van der Waals surface area contributed by atoms with Gasteiger partial charge in [-0.2, -0.15) is 0 Å². The van der Waals surface area contributed by atoms with E-state index in [4.69, 9.17) is 9.47 Å². The summed E-state index contributed by atoms with van der Waals surface area (Å²) in [6.45, 7) is 2.83. The van der Waals surface area contributed by atoms with Gasteiger partial charge >= 0.3 is 0 Å². The maximum atomic E-state index is 12.5. The van der Waals surface area contributed by atoms with E-state index in [-0.39, 0.29) is 17.4 Å². The fraction of sp³-hybridized carbons (Fsp3) is 0.316. The highest BCUT2D eigenvalue weighted by Crippen LogP contribution is 2.25. The van der Waals surface area contributed by atoms with Crippen molar-refractivity contribution in [2.24, 2.45) is 0 Å².